The smallest absolute Gasteiger partial charge is 0.315 e. The Hall–Kier alpha value is -2.11. The second-order valence-corrected chi connectivity index (χ2v) is 4.31. The molecule has 0 fully saturated rings. The molecule has 6 heteroatoms. The van der Waals surface area contributed by atoms with Crippen LogP contribution < -0.4 is 0 Å². The minimum Gasteiger partial charge on any atom is -0.502 e. The summed E-state index contributed by atoms with van der Waals surface area (Å²) in [6.45, 7) is 5.21. The van der Waals surface area contributed by atoms with Gasteiger partial charge in [-0.05, 0) is 32.4 Å². The number of carbonyl (C=O) groups excluding carboxylic acids is 1. The fourth-order valence-electron chi connectivity index (χ4n) is 1.50. The molecule has 0 aromatic heterocycles. The van der Waals surface area contributed by atoms with E-state index >= 15 is 0 Å². The Morgan fingerprint density at radius 2 is 2.11 bits per heavy atom. The van der Waals surface area contributed by atoms with Gasteiger partial charge in [-0.2, -0.15) is 0 Å². The third-order valence-electron chi connectivity index (χ3n) is 2.68. The molecular weight excluding hydrogens is 238 g/mol. The van der Waals surface area contributed by atoms with Gasteiger partial charge in [-0.25, -0.2) is 0 Å². The van der Waals surface area contributed by atoms with E-state index < -0.39 is 27.7 Å². The van der Waals surface area contributed by atoms with E-state index in [1.165, 1.54) is 18.2 Å². The van der Waals surface area contributed by atoms with Crippen molar-refractivity contribution in [1.29, 1.82) is 0 Å². The Morgan fingerprint density at radius 3 is 2.56 bits per heavy atom. The van der Waals surface area contributed by atoms with Crippen molar-refractivity contribution >= 4 is 11.7 Å². The highest BCUT2D eigenvalue weighted by atomic mass is 16.6. The lowest BCUT2D eigenvalue weighted by Gasteiger charge is -2.22. The topological polar surface area (TPSA) is 89.7 Å². The lowest BCUT2D eigenvalue weighted by molar-refractivity contribution is -0.385. The molecule has 0 saturated heterocycles. The molecule has 98 valence electrons. The number of hydrogen-bond acceptors (Lipinski definition) is 5. The van der Waals surface area contributed by atoms with Gasteiger partial charge in [-0.3, -0.25) is 14.9 Å². The van der Waals surface area contributed by atoms with Crippen LogP contribution in [0.4, 0.5) is 5.69 Å². The predicted molar refractivity (Wildman–Crippen MR) is 64.4 cm³/mol. The van der Waals surface area contributed by atoms with Gasteiger partial charge in [0.25, 0.3) is 0 Å². The highest BCUT2D eigenvalue weighted by Crippen LogP contribution is 2.32. The fourth-order valence-corrected chi connectivity index (χ4v) is 1.50. The molecule has 0 heterocycles. The normalized spacial score (nSPS) is 11.1. The van der Waals surface area contributed by atoms with Crippen LogP contribution in [0.5, 0.6) is 5.75 Å². The highest BCUT2D eigenvalue weighted by Gasteiger charge is 2.32. The maximum Gasteiger partial charge on any atom is 0.315 e. The van der Waals surface area contributed by atoms with Crippen LogP contribution >= 0.6 is 0 Å². The second kappa shape index (κ2) is 5.03. The Kier molecular flexibility index (Phi) is 3.90. The molecule has 0 radical (unpaired) electrons. The molecule has 0 saturated carbocycles. The molecule has 0 bridgehead atoms. The van der Waals surface area contributed by atoms with E-state index in [0.29, 0.717) is 5.56 Å². The van der Waals surface area contributed by atoms with E-state index in [1.54, 1.807) is 20.8 Å². The van der Waals surface area contributed by atoms with Crippen LogP contribution in [0.2, 0.25) is 0 Å². The van der Waals surface area contributed by atoms with Crippen LogP contribution in [0, 0.1) is 10.1 Å². The summed E-state index contributed by atoms with van der Waals surface area (Å²) in [5.74, 6) is -0.909. The predicted octanol–water partition coefficient (Wildman–Crippen LogP) is 2.14. The monoisotopic (exact) mass is 253 g/mol. The van der Waals surface area contributed by atoms with E-state index in [2.05, 4.69) is 0 Å². The number of phenolic OH excluding ortho intramolecular Hbond substituents is 1. The summed E-state index contributed by atoms with van der Waals surface area (Å²) in [5.41, 5.74) is -0.898. The molecule has 1 aromatic rings. The maximum absolute atomic E-state index is 11.8. The molecule has 6 nitrogen and oxygen atoms in total. The average molecular weight is 253 g/mol. The molecule has 0 unspecified atom stereocenters. The van der Waals surface area contributed by atoms with Crippen molar-refractivity contribution in [2.75, 3.05) is 6.61 Å². The Bertz CT molecular complexity index is 481. The third-order valence-corrected chi connectivity index (χ3v) is 2.68. The van der Waals surface area contributed by atoms with Crippen molar-refractivity contribution in [3.63, 3.8) is 0 Å². The average Bonchev–Trinajstić information content (AvgIpc) is 2.28. The molecule has 0 aliphatic heterocycles. The van der Waals surface area contributed by atoms with Crippen molar-refractivity contribution < 1.29 is 19.6 Å². The molecule has 1 N–H and O–H groups in total. The number of rotatable bonds is 4. The Labute approximate surface area is 104 Å². The number of nitro groups is 1. The molecule has 0 aliphatic rings. The van der Waals surface area contributed by atoms with Gasteiger partial charge in [0.1, 0.15) is 0 Å². The Morgan fingerprint density at radius 1 is 1.50 bits per heavy atom. The quantitative estimate of drug-likeness (QED) is 0.504. The zero-order valence-corrected chi connectivity index (χ0v) is 10.5. The van der Waals surface area contributed by atoms with Crippen LogP contribution in [0.1, 0.15) is 26.3 Å². The molecule has 0 amide bonds. The van der Waals surface area contributed by atoms with E-state index in [9.17, 15) is 20.0 Å². The van der Waals surface area contributed by atoms with Gasteiger partial charge >= 0.3 is 11.7 Å². The first-order valence-corrected chi connectivity index (χ1v) is 5.45. The number of benzene rings is 1. The summed E-state index contributed by atoms with van der Waals surface area (Å²) in [5, 5.41) is 20.1. The van der Waals surface area contributed by atoms with Gasteiger partial charge in [0.15, 0.2) is 5.75 Å². The first-order valence-electron chi connectivity index (χ1n) is 5.45. The Balaban J connectivity index is 3.14. The highest BCUT2D eigenvalue weighted by molar-refractivity contribution is 5.82. The van der Waals surface area contributed by atoms with Crippen LogP contribution in [0.25, 0.3) is 0 Å². The maximum atomic E-state index is 11.8. The van der Waals surface area contributed by atoms with Crippen molar-refractivity contribution in [1.82, 2.24) is 0 Å². The summed E-state index contributed by atoms with van der Waals surface area (Å²) in [4.78, 5) is 21.6. The molecule has 0 atom stereocenters. The van der Waals surface area contributed by atoms with E-state index in [-0.39, 0.29) is 6.61 Å². The number of hydrogen-bond donors (Lipinski definition) is 1. The van der Waals surface area contributed by atoms with E-state index in [4.69, 9.17) is 4.74 Å². The lowest BCUT2D eigenvalue weighted by Crippen LogP contribution is -2.31. The molecule has 0 spiro atoms. The van der Waals surface area contributed by atoms with Crippen LogP contribution in [-0.2, 0) is 14.9 Å². The number of aromatic hydroxyl groups is 1. The van der Waals surface area contributed by atoms with Crippen molar-refractivity contribution in [2.24, 2.45) is 0 Å². The number of nitro benzene ring substituents is 1. The minimum atomic E-state index is -0.970. The van der Waals surface area contributed by atoms with Gasteiger partial charge in [0, 0.05) is 6.07 Å². The van der Waals surface area contributed by atoms with Crippen molar-refractivity contribution in [2.45, 2.75) is 26.2 Å². The van der Waals surface area contributed by atoms with Crippen LogP contribution in [0.15, 0.2) is 18.2 Å². The van der Waals surface area contributed by atoms with E-state index in [0.717, 1.165) is 0 Å². The van der Waals surface area contributed by atoms with Crippen LogP contribution in [0.3, 0.4) is 0 Å². The third kappa shape index (κ3) is 2.58. The summed E-state index contributed by atoms with van der Waals surface area (Å²) in [7, 11) is 0. The first-order chi connectivity index (χ1) is 8.30. The largest absolute Gasteiger partial charge is 0.502 e. The summed E-state index contributed by atoms with van der Waals surface area (Å²) < 4.78 is 4.92. The molecule has 18 heavy (non-hydrogen) atoms. The summed E-state index contributed by atoms with van der Waals surface area (Å²) >= 11 is 0. The number of nitrogens with zero attached hydrogens (tertiary/aromatic N) is 1. The van der Waals surface area contributed by atoms with Gasteiger partial charge < -0.3 is 9.84 Å². The lowest BCUT2D eigenvalue weighted by atomic mass is 9.84. The first kappa shape index (κ1) is 14.0. The summed E-state index contributed by atoms with van der Waals surface area (Å²) in [6.07, 6.45) is 0. The fraction of sp³-hybridized carbons (Fsp3) is 0.417. The minimum absolute atomic E-state index is 0.251. The zero-order valence-electron chi connectivity index (χ0n) is 10.5. The molecular formula is C12H15NO5. The molecule has 1 rings (SSSR count). The number of ether oxygens (including phenoxy) is 1. The standard InChI is InChI=1S/C12H15NO5/c1-4-18-11(15)12(2,3)8-5-6-9(13(16)17)10(14)7-8/h5-7,14H,4H2,1-3H3. The van der Waals surface area contributed by atoms with E-state index in [1.807, 2.05) is 0 Å². The SMILES string of the molecule is CCOC(=O)C(C)(C)c1ccc([N+](=O)[O-])c(O)c1. The number of carbonyl (C=O) groups is 1. The molecule has 0 aliphatic carbocycles. The van der Waals surface area contributed by atoms with Gasteiger partial charge in [-0.15, -0.1) is 0 Å². The zero-order chi connectivity index (χ0) is 13.9. The molecule has 1 aromatic carbocycles. The van der Waals surface area contributed by atoms with Crippen molar-refractivity contribution in [3.8, 4) is 5.75 Å². The van der Waals surface area contributed by atoms with Gasteiger partial charge in [0.2, 0.25) is 0 Å². The van der Waals surface area contributed by atoms with Crippen molar-refractivity contribution in [3.05, 3.63) is 33.9 Å². The van der Waals surface area contributed by atoms with Gasteiger partial charge in [0.05, 0.1) is 16.9 Å². The number of phenols is 1. The second-order valence-electron chi connectivity index (χ2n) is 4.31. The summed E-state index contributed by atoms with van der Waals surface area (Å²) in [6, 6.07) is 3.83. The van der Waals surface area contributed by atoms with Gasteiger partial charge in [-0.1, -0.05) is 6.07 Å². The number of esters is 1. The van der Waals surface area contributed by atoms with Crippen LogP contribution in [-0.4, -0.2) is 22.6 Å².